The summed E-state index contributed by atoms with van der Waals surface area (Å²) in [5.74, 6) is 0. The van der Waals surface area contributed by atoms with E-state index in [0.717, 1.165) is 12.8 Å². The van der Waals surface area contributed by atoms with Crippen molar-refractivity contribution in [1.82, 2.24) is 0 Å². The van der Waals surface area contributed by atoms with Crippen LogP contribution < -0.4 is 0 Å². The summed E-state index contributed by atoms with van der Waals surface area (Å²) in [7, 11) is 0. The van der Waals surface area contributed by atoms with Crippen LogP contribution in [0.5, 0.6) is 0 Å². The Morgan fingerprint density at radius 3 is 2.20 bits per heavy atom. The molecule has 0 aliphatic rings. The number of allylic oxidation sites excluding steroid dienone is 1. The van der Waals surface area contributed by atoms with Crippen LogP contribution in [0.25, 0.3) is 21.5 Å². The summed E-state index contributed by atoms with van der Waals surface area (Å²) in [6.07, 6.45) is 6.77. The van der Waals surface area contributed by atoms with Crippen molar-refractivity contribution in [3.8, 4) is 0 Å². The Hall–Kier alpha value is -2.08. The van der Waals surface area contributed by atoms with Crippen molar-refractivity contribution < 1.29 is 0 Å². The van der Waals surface area contributed by atoms with Gasteiger partial charge in [0.15, 0.2) is 0 Å². The molecule has 3 aromatic rings. The molecule has 0 heteroatoms. The molecular formula is C20H20. The van der Waals surface area contributed by atoms with Crippen LogP contribution in [0.1, 0.15) is 24.8 Å². The molecule has 0 saturated heterocycles. The highest BCUT2D eigenvalue weighted by Crippen LogP contribution is 2.24. The highest BCUT2D eigenvalue weighted by atomic mass is 14.0. The van der Waals surface area contributed by atoms with E-state index < -0.39 is 0 Å². The fraction of sp³-hybridized carbons (Fsp3) is 0.200. The average molecular weight is 260 g/mol. The van der Waals surface area contributed by atoms with Crippen LogP contribution in [0, 0.1) is 0 Å². The van der Waals surface area contributed by atoms with E-state index in [0.29, 0.717) is 0 Å². The maximum absolute atomic E-state index is 3.78. The van der Waals surface area contributed by atoms with E-state index in [9.17, 15) is 0 Å². The zero-order chi connectivity index (χ0) is 13.8. The quantitative estimate of drug-likeness (QED) is 0.305. The van der Waals surface area contributed by atoms with Crippen LogP contribution in [0.4, 0.5) is 0 Å². The molecule has 0 bridgehead atoms. The number of hydrogen-bond donors (Lipinski definition) is 0. The predicted octanol–water partition coefficient (Wildman–Crippen LogP) is 5.89. The number of hydrogen-bond acceptors (Lipinski definition) is 0. The smallest absolute Gasteiger partial charge is 0.0175 e. The number of rotatable bonds is 5. The van der Waals surface area contributed by atoms with Crippen LogP contribution in [-0.4, -0.2) is 0 Å². The summed E-state index contributed by atoms with van der Waals surface area (Å²) in [4.78, 5) is 0. The first-order valence-electron chi connectivity index (χ1n) is 7.39. The van der Waals surface area contributed by atoms with E-state index in [1.807, 2.05) is 6.08 Å². The molecule has 0 atom stereocenters. The summed E-state index contributed by atoms with van der Waals surface area (Å²) in [6, 6.07) is 20.0. The molecule has 0 aromatic heterocycles. The Bertz CT molecular complexity index is 737. The lowest BCUT2D eigenvalue weighted by Gasteiger charge is -2.06. The van der Waals surface area contributed by atoms with E-state index in [1.165, 1.54) is 39.9 Å². The van der Waals surface area contributed by atoms with Gasteiger partial charge in [0.2, 0.25) is 0 Å². The molecule has 0 unspecified atom stereocenters. The average Bonchev–Trinajstić information content (AvgIpc) is 2.49. The topological polar surface area (TPSA) is 0 Å². The molecule has 0 amide bonds. The van der Waals surface area contributed by atoms with Gasteiger partial charge in [-0.2, -0.15) is 0 Å². The number of fused-ring (bicyclic) bond motifs is 2. The summed E-state index contributed by atoms with van der Waals surface area (Å²) >= 11 is 0. The van der Waals surface area contributed by atoms with Gasteiger partial charge in [-0.1, -0.05) is 48.5 Å². The molecule has 0 spiro atoms. The Labute approximate surface area is 120 Å². The van der Waals surface area contributed by atoms with Crippen molar-refractivity contribution in [1.29, 1.82) is 0 Å². The maximum Gasteiger partial charge on any atom is -0.0175 e. The second-order valence-corrected chi connectivity index (χ2v) is 5.42. The molecule has 0 N–H and O–H groups in total. The molecule has 0 aliphatic heterocycles. The number of unbranched alkanes of at least 4 members (excludes halogenated alkanes) is 2. The number of aryl methyl sites for hydroxylation is 1. The van der Waals surface area contributed by atoms with Crippen molar-refractivity contribution in [2.75, 3.05) is 0 Å². The molecule has 0 fully saturated rings. The van der Waals surface area contributed by atoms with Gasteiger partial charge in [0.05, 0.1) is 0 Å². The standard InChI is InChI=1S/C20H20/c1-2-3-4-5-8-16-11-12-19-14-17-9-6-7-10-18(17)15-20(19)13-16/h2,6-7,9-15H,1,3-5,8H2. The monoisotopic (exact) mass is 260 g/mol. The van der Waals surface area contributed by atoms with Gasteiger partial charge in [-0.15, -0.1) is 6.58 Å². The minimum absolute atomic E-state index is 1.12. The van der Waals surface area contributed by atoms with E-state index in [2.05, 4.69) is 61.2 Å². The van der Waals surface area contributed by atoms with Crippen LogP contribution in [-0.2, 0) is 6.42 Å². The Kier molecular flexibility index (Phi) is 3.83. The van der Waals surface area contributed by atoms with Gasteiger partial charge in [-0.25, -0.2) is 0 Å². The molecule has 0 aliphatic carbocycles. The first kappa shape index (κ1) is 12.9. The summed E-state index contributed by atoms with van der Waals surface area (Å²) in [5.41, 5.74) is 1.44. The minimum Gasteiger partial charge on any atom is -0.103 e. The van der Waals surface area contributed by atoms with Gasteiger partial charge in [0.25, 0.3) is 0 Å². The zero-order valence-corrected chi connectivity index (χ0v) is 11.8. The Morgan fingerprint density at radius 2 is 1.45 bits per heavy atom. The first-order chi connectivity index (χ1) is 9.86. The fourth-order valence-corrected chi connectivity index (χ4v) is 2.76. The van der Waals surface area contributed by atoms with E-state index in [1.54, 1.807) is 0 Å². The maximum atomic E-state index is 3.78. The normalized spacial score (nSPS) is 11.0. The molecule has 3 aromatic carbocycles. The van der Waals surface area contributed by atoms with E-state index in [4.69, 9.17) is 0 Å². The molecule has 0 radical (unpaired) electrons. The lowest BCUT2D eigenvalue weighted by atomic mass is 9.99. The van der Waals surface area contributed by atoms with Crippen molar-refractivity contribution in [3.63, 3.8) is 0 Å². The third-order valence-corrected chi connectivity index (χ3v) is 3.89. The van der Waals surface area contributed by atoms with E-state index in [-0.39, 0.29) is 0 Å². The molecule has 0 heterocycles. The molecule has 20 heavy (non-hydrogen) atoms. The van der Waals surface area contributed by atoms with Gasteiger partial charge < -0.3 is 0 Å². The highest BCUT2D eigenvalue weighted by Gasteiger charge is 2.00. The van der Waals surface area contributed by atoms with Gasteiger partial charge in [-0.3, -0.25) is 0 Å². The van der Waals surface area contributed by atoms with Crippen LogP contribution in [0.2, 0.25) is 0 Å². The second-order valence-electron chi connectivity index (χ2n) is 5.42. The lowest BCUT2D eigenvalue weighted by molar-refractivity contribution is 0.749. The van der Waals surface area contributed by atoms with E-state index >= 15 is 0 Å². The van der Waals surface area contributed by atoms with Crippen molar-refractivity contribution >= 4 is 21.5 Å². The van der Waals surface area contributed by atoms with Crippen molar-refractivity contribution in [2.24, 2.45) is 0 Å². The largest absolute Gasteiger partial charge is 0.103 e. The lowest BCUT2D eigenvalue weighted by Crippen LogP contribution is -1.86. The number of benzene rings is 3. The third-order valence-electron chi connectivity index (χ3n) is 3.89. The molecule has 0 saturated carbocycles. The van der Waals surface area contributed by atoms with Crippen LogP contribution >= 0.6 is 0 Å². The molecular weight excluding hydrogens is 240 g/mol. The van der Waals surface area contributed by atoms with Gasteiger partial charge in [-0.05, 0) is 64.9 Å². The van der Waals surface area contributed by atoms with Crippen molar-refractivity contribution in [2.45, 2.75) is 25.7 Å². The molecule has 100 valence electrons. The highest BCUT2D eigenvalue weighted by molar-refractivity contribution is 5.98. The fourth-order valence-electron chi connectivity index (χ4n) is 2.76. The van der Waals surface area contributed by atoms with Gasteiger partial charge in [0.1, 0.15) is 0 Å². The van der Waals surface area contributed by atoms with Gasteiger partial charge in [0, 0.05) is 0 Å². The Morgan fingerprint density at radius 1 is 0.750 bits per heavy atom. The summed E-state index contributed by atoms with van der Waals surface area (Å²) in [5, 5.41) is 5.33. The van der Waals surface area contributed by atoms with Crippen molar-refractivity contribution in [3.05, 3.63) is 72.8 Å². The van der Waals surface area contributed by atoms with Gasteiger partial charge >= 0.3 is 0 Å². The van der Waals surface area contributed by atoms with Crippen LogP contribution in [0.15, 0.2) is 67.3 Å². The molecule has 0 nitrogen and oxygen atoms in total. The second kappa shape index (κ2) is 5.92. The third kappa shape index (κ3) is 2.75. The first-order valence-corrected chi connectivity index (χ1v) is 7.39. The minimum atomic E-state index is 1.12. The summed E-state index contributed by atoms with van der Waals surface area (Å²) in [6.45, 7) is 3.78. The zero-order valence-electron chi connectivity index (χ0n) is 11.8. The Balaban J connectivity index is 1.89. The summed E-state index contributed by atoms with van der Waals surface area (Å²) < 4.78 is 0. The molecule has 3 rings (SSSR count). The SMILES string of the molecule is C=CCCCCc1ccc2cc3ccccc3cc2c1. The van der Waals surface area contributed by atoms with Crippen LogP contribution in [0.3, 0.4) is 0 Å². The predicted molar refractivity (Wildman–Crippen MR) is 89.2 cm³/mol.